The van der Waals surface area contributed by atoms with Crippen molar-refractivity contribution >= 4 is 35.1 Å². The molecule has 0 spiro atoms. The zero-order valence-electron chi connectivity index (χ0n) is 15.9. The van der Waals surface area contributed by atoms with Gasteiger partial charge in [-0.3, -0.25) is 14.4 Å². The minimum absolute atomic E-state index is 0.0574. The fourth-order valence-electron chi connectivity index (χ4n) is 2.53. The molecule has 0 heterocycles. The maximum absolute atomic E-state index is 12.1. The van der Waals surface area contributed by atoms with Gasteiger partial charge in [-0.25, -0.2) is 0 Å². The van der Waals surface area contributed by atoms with Crippen LogP contribution < -0.4 is 15.4 Å². The van der Waals surface area contributed by atoms with E-state index < -0.39 is 31.1 Å². The van der Waals surface area contributed by atoms with Crippen LogP contribution in [0.2, 0.25) is 5.02 Å². The predicted octanol–water partition coefficient (Wildman–Crippen LogP) is 3.69. The van der Waals surface area contributed by atoms with Crippen molar-refractivity contribution in [2.45, 2.75) is 26.0 Å². The summed E-state index contributed by atoms with van der Waals surface area (Å²) in [6.07, 6.45) is -0.226. The molecule has 10 heteroatoms. The molecular weight excluding hydrogens is 422 g/mol. The summed E-state index contributed by atoms with van der Waals surface area (Å²) in [5, 5.41) is 5.45. The van der Waals surface area contributed by atoms with E-state index in [1.165, 1.54) is 31.2 Å². The summed E-state index contributed by atoms with van der Waals surface area (Å²) in [6, 6.07) is 11.3. The highest BCUT2D eigenvalue weighted by molar-refractivity contribution is 6.31. The number of carbonyl (C=O) groups excluding carboxylic acids is 3. The first-order valence-corrected chi connectivity index (χ1v) is 9.14. The summed E-state index contributed by atoms with van der Waals surface area (Å²) >= 11 is 6.12. The Labute approximate surface area is 176 Å². The van der Waals surface area contributed by atoms with Crippen LogP contribution in [0.1, 0.15) is 24.9 Å². The standard InChI is InChI=1S/C20H19ClF2N2O5/c1-12(26)24-17(15-4-2-3-5-16(15)21)10-19(28)29-11-18(27)25-13-6-8-14(9-7-13)30-20(22)23/h2-9,17,20H,10-11H2,1H3,(H,24,26)(H,25,27). The number of nitrogens with one attached hydrogen (secondary N) is 2. The second kappa shape index (κ2) is 11.1. The average Bonchev–Trinajstić information content (AvgIpc) is 2.67. The van der Waals surface area contributed by atoms with E-state index in [1.807, 2.05) is 0 Å². The number of amides is 2. The van der Waals surface area contributed by atoms with E-state index in [4.69, 9.17) is 16.3 Å². The Bertz CT molecular complexity index is 893. The molecule has 0 saturated carbocycles. The molecule has 0 bridgehead atoms. The van der Waals surface area contributed by atoms with E-state index in [-0.39, 0.29) is 18.1 Å². The van der Waals surface area contributed by atoms with Gasteiger partial charge in [0.15, 0.2) is 6.61 Å². The molecule has 7 nitrogen and oxygen atoms in total. The normalized spacial score (nSPS) is 11.5. The number of esters is 1. The Hall–Kier alpha value is -3.20. The number of halogens is 3. The first-order valence-electron chi connectivity index (χ1n) is 8.76. The predicted molar refractivity (Wildman–Crippen MR) is 105 cm³/mol. The molecule has 0 aliphatic carbocycles. The van der Waals surface area contributed by atoms with E-state index in [1.54, 1.807) is 24.3 Å². The topological polar surface area (TPSA) is 93.7 Å². The van der Waals surface area contributed by atoms with Gasteiger partial charge in [0.1, 0.15) is 5.75 Å². The van der Waals surface area contributed by atoms with Crippen LogP contribution in [0.3, 0.4) is 0 Å². The van der Waals surface area contributed by atoms with Crippen LogP contribution in [-0.2, 0) is 19.1 Å². The van der Waals surface area contributed by atoms with Crippen LogP contribution in [0.25, 0.3) is 0 Å². The lowest BCUT2D eigenvalue weighted by Crippen LogP contribution is -2.29. The van der Waals surface area contributed by atoms with Crippen molar-refractivity contribution in [3.05, 3.63) is 59.1 Å². The van der Waals surface area contributed by atoms with Crippen molar-refractivity contribution in [2.24, 2.45) is 0 Å². The van der Waals surface area contributed by atoms with Gasteiger partial charge in [0.25, 0.3) is 5.91 Å². The van der Waals surface area contributed by atoms with Gasteiger partial charge >= 0.3 is 12.6 Å². The third kappa shape index (κ3) is 7.67. The lowest BCUT2D eigenvalue weighted by molar-refractivity contribution is -0.148. The molecule has 2 N–H and O–H groups in total. The van der Waals surface area contributed by atoms with Gasteiger partial charge in [-0.1, -0.05) is 29.8 Å². The van der Waals surface area contributed by atoms with E-state index >= 15 is 0 Å². The van der Waals surface area contributed by atoms with Crippen molar-refractivity contribution in [3.8, 4) is 5.75 Å². The quantitative estimate of drug-likeness (QED) is 0.580. The van der Waals surface area contributed by atoms with Gasteiger partial charge < -0.3 is 20.1 Å². The van der Waals surface area contributed by atoms with Gasteiger partial charge in [0, 0.05) is 17.6 Å². The fourth-order valence-corrected chi connectivity index (χ4v) is 2.80. The fraction of sp³-hybridized carbons (Fsp3) is 0.250. The Morgan fingerprint density at radius 3 is 2.33 bits per heavy atom. The molecule has 0 radical (unpaired) electrons. The zero-order valence-corrected chi connectivity index (χ0v) is 16.6. The van der Waals surface area contributed by atoms with Crippen molar-refractivity contribution in [3.63, 3.8) is 0 Å². The molecule has 2 amide bonds. The highest BCUT2D eigenvalue weighted by atomic mass is 35.5. The van der Waals surface area contributed by atoms with Crippen molar-refractivity contribution < 1.29 is 32.6 Å². The molecular formula is C20H19ClF2N2O5. The Kier molecular flexibility index (Phi) is 8.54. The number of alkyl halides is 2. The molecule has 0 aliphatic rings. The van der Waals surface area contributed by atoms with E-state index in [2.05, 4.69) is 15.4 Å². The van der Waals surface area contributed by atoms with Crippen LogP contribution in [0.5, 0.6) is 5.75 Å². The SMILES string of the molecule is CC(=O)NC(CC(=O)OCC(=O)Nc1ccc(OC(F)F)cc1)c1ccccc1Cl. The molecule has 1 unspecified atom stereocenters. The number of ether oxygens (including phenoxy) is 2. The lowest BCUT2D eigenvalue weighted by Gasteiger charge is -2.18. The molecule has 1 atom stereocenters. The summed E-state index contributed by atoms with van der Waals surface area (Å²) in [5.41, 5.74) is 0.853. The summed E-state index contributed by atoms with van der Waals surface area (Å²) in [4.78, 5) is 35.5. The summed E-state index contributed by atoms with van der Waals surface area (Å²) < 4.78 is 33.4. The Morgan fingerprint density at radius 2 is 1.73 bits per heavy atom. The van der Waals surface area contributed by atoms with Crippen LogP contribution in [0, 0.1) is 0 Å². The Balaban J connectivity index is 1.88. The lowest BCUT2D eigenvalue weighted by atomic mass is 10.0. The van der Waals surface area contributed by atoms with Crippen LogP contribution >= 0.6 is 11.6 Å². The summed E-state index contributed by atoms with van der Waals surface area (Å²) in [6.45, 7) is -2.21. The smallest absolute Gasteiger partial charge is 0.387 e. The monoisotopic (exact) mass is 440 g/mol. The first-order chi connectivity index (χ1) is 14.2. The van der Waals surface area contributed by atoms with E-state index in [0.29, 0.717) is 16.3 Å². The third-order valence-corrected chi connectivity index (χ3v) is 4.10. The average molecular weight is 441 g/mol. The number of rotatable bonds is 9. The molecule has 160 valence electrons. The highest BCUT2D eigenvalue weighted by Gasteiger charge is 2.21. The van der Waals surface area contributed by atoms with E-state index in [9.17, 15) is 23.2 Å². The molecule has 0 aliphatic heterocycles. The van der Waals surface area contributed by atoms with Crippen LogP contribution in [0.15, 0.2) is 48.5 Å². The number of anilines is 1. The largest absolute Gasteiger partial charge is 0.455 e. The van der Waals surface area contributed by atoms with Gasteiger partial charge in [0.05, 0.1) is 12.5 Å². The molecule has 0 saturated heterocycles. The van der Waals surface area contributed by atoms with Gasteiger partial charge in [0.2, 0.25) is 5.91 Å². The number of carbonyl (C=O) groups is 3. The number of hydrogen-bond acceptors (Lipinski definition) is 5. The van der Waals surface area contributed by atoms with Crippen molar-refractivity contribution in [2.75, 3.05) is 11.9 Å². The molecule has 2 aromatic rings. The third-order valence-electron chi connectivity index (χ3n) is 3.76. The van der Waals surface area contributed by atoms with Gasteiger partial charge in [-0.15, -0.1) is 0 Å². The van der Waals surface area contributed by atoms with Crippen molar-refractivity contribution in [1.29, 1.82) is 0 Å². The maximum atomic E-state index is 12.1. The summed E-state index contributed by atoms with van der Waals surface area (Å²) in [5.74, 6) is -1.76. The second-order valence-electron chi connectivity index (χ2n) is 6.09. The van der Waals surface area contributed by atoms with Gasteiger partial charge in [-0.05, 0) is 35.9 Å². The molecule has 0 aromatic heterocycles. The number of hydrogen-bond donors (Lipinski definition) is 2. The minimum Gasteiger partial charge on any atom is -0.455 e. The maximum Gasteiger partial charge on any atom is 0.387 e. The van der Waals surface area contributed by atoms with Crippen LogP contribution in [-0.4, -0.2) is 31.0 Å². The summed E-state index contributed by atoms with van der Waals surface area (Å²) in [7, 11) is 0. The number of benzene rings is 2. The van der Waals surface area contributed by atoms with Gasteiger partial charge in [-0.2, -0.15) is 8.78 Å². The molecule has 2 aromatic carbocycles. The zero-order chi connectivity index (χ0) is 22.1. The molecule has 2 rings (SSSR count). The van der Waals surface area contributed by atoms with E-state index in [0.717, 1.165) is 0 Å². The van der Waals surface area contributed by atoms with Crippen LogP contribution in [0.4, 0.5) is 14.5 Å². The Morgan fingerprint density at radius 1 is 1.07 bits per heavy atom. The van der Waals surface area contributed by atoms with Crippen molar-refractivity contribution in [1.82, 2.24) is 5.32 Å². The second-order valence-corrected chi connectivity index (χ2v) is 6.50. The molecule has 30 heavy (non-hydrogen) atoms. The minimum atomic E-state index is -2.95. The first kappa shape index (κ1) is 23.1. The molecule has 0 fully saturated rings. The highest BCUT2D eigenvalue weighted by Crippen LogP contribution is 2.25.